The fourth-order valence-corrected chi connectivity index (χ4v) is 1.85. The maximum absolute atomic E-state index is 11.7. The summed E-state index contributed by atoms with van der Waals surface area (Å²) in [5, 5.41) is 1.98. The van der Waals surface area contributed by atoms with Crippen molar-refractivity contribution in [3.8, 4) is 5.69 Å². The second kappa shape index (κ2) is 4.00. The zero-order chi connectivity index (χ0) is 12.5. The Morgan fingerprint density at radius 2 is 1.83 bits per heavy atom. The normalized spacial score (nSPS) is 10.7. The number of nitrogens with zero attached hydrogens (tertiary/aromatic N) is 1. The molecule has 0 amide bonds. The molecule has 18 heavy (non-hydrogen) atoms. The van der Waals surface area contributed by atoms with E-state index >= 15 is 0 Å². The summed E-state index contributed by atoms with van der Waals surface area (Å²) < 4.78 is 1.36. The quantitative estimate of drug-likeness (QED) is 0.697. The molecule has 0 saturated heterocycles. The van der Waals surface area contributed by atoms with Crippen LogP contribution in [0.2, 0.25) is 0 Å². The van der Waals surface area contributed by atoms with Gasteiger partial charge in [-0.1, -0.05) is 30.3 Å². The lowest BCUT2D eigenvalue weighted by molar-refractivity contribution is 0.896. The molecular formula is C14H9N2O2. The number of aromatic amines is 1. The lowest BCUT2D eigenvalue weighted by Crippen LogP contribution is -2.27. The molecule has 0 saturated carbocycles. The topological polar surface area (TPSA) is 54.9 Å². The lowest BCUT2D eigenvalue weighted by atomic mass is 10.1. The fourth-order valence-electron chi connectivity index (χ4n) is 1.85. The number of hydrogen-bond acceptors (Lipinski definition) is 2. The van der Waals surface area contributed by atoms with E-state index in [1.54, 1.807) is 6.07 Å². The molecule has 0 spiro atoms. The second-order valence-electron chi connectivity index (χ2n) is 3.91. The highest BCUT2D eigenvalue weighted by atomic mass is 16.2. The van der Waals surface area contributed by atoms with E-state index < -0.39 is 11.2 Å². The van der Waals surface area contributed by atoms with Crippen LogP contribution in [0.3, 0.4) is 0 Å². The smallest absolute Gasteiger partial charge is 0.274 e. The average molecular weight is 237 g/mol. The molecule has 3 aromatic rings. The Morgan fingerprint density at radius 3 is 2.67 bits per heavy atom. The van der Waals surface area contributed by atoms with Crippen molar-refractivity contribution in [1.29, 1.82) is 0 Å². The largest absolute Gasteiger partial charge is 0.332 e. The van der Waals surface area contributed by atoms with Crippen molar-refractivity contribution in [1.82, 2.24) is 9.55 Å². The Labute approximate surface area is 102 Å². The van der Waals surface area contributed by atoms with Gasteiger partial charge in [-0.05, 0) is 16.8 Å². The summed E-state index contributed by atoms with van der Waals surface area (Å²) >= 11 is 0. The number of benzene rings is 2. The SMILES string of the molecule is O=c1ccn(-c2[c]c3ccccc3cc2)c(=O)[nH]1. The molecule has 0 bridgehead atoms. The number of hydrogen-bond donors (Lipinski definition) is 1. The van der Waals surface area contributed by atoms with E-state index in [4.69, 9.17) is 0 Å². The highest BCUT2D eigenvalue weighted by molar-refractivity contribution is 5.83. The van der Waals surface area contributed by atoms with Crippen LogP contribution in [0.25, 0.3) is 16.5 Å². The molecule has 1 aromatic heterocycles. The van der Waals surface area contributed by atoms with Gasteiger partial charge in [-0.3, -0.25) is 14.3 Å². The molecule has 0 unspecified atom stereocenters. The summed E-state index contributed by atoms with van der Waals surface area (Å²) in [6, 6.07) is 15.9. The molecule has 3 rings (SSSR count). The van der Waals surface area contributed by atoms with Crippen LogP contribution in [-0.4, -0.2) is 9.55 Å². The zero-order valence-corrected chi connectivity index (χ0v) is 9.38. The van der Waals surface area contributed by atoms with Crippen molar-refractivity contribution in [3.63, 3.8) is 0 Å². The third-order valence-corrected chi connectivity index (χ3v) is 2.73. The standard InChI is InChI=1S/C14H9N2O2/c17-13-7-8-16(14(18)15-13)12-6-5-10-3-1-2-4-11(10)9-12/h1-8H,(H,15,17,18). The minimum absolute atomic E-state index is 0.406. The lowest BCUT2D eigenvalue weighted by Gasteiger charge is -2.05. The molecule has 0 aliphatic rings. The summed E-state index contributed by atoms with van der Waals surface area (Å²) in [5.41, 5.74) is -0.263. The number of aromatic nitrogens is 2. The van der Waals surface area contributed by atoms with Gasteiger partial charge in [0.1, 0.15) is 0 Å². The first-order valence-corrected chi connectivity index (χ1v) is 5.47. The molecule has 0 atom stereocenters. The van der Waals surface area contributed by atoms with Gasteiger partial charge < -0.3 is 0 Å². The van der Waals surface area contributed by atoms with Crippen LogP contribution in [-0.2, 0) is 0 Å². The molecule has 4 nitrogen and oxygen atoms in total. The Bertz CT molecular complexity index is 831. The van der Waals surface area contributed by atoms with Crippen LogP contribution in [0.15, 0.2) is 58.3 Å². The molecule has 87 valence electrons. The number of H-pyrrole nitrogens is 1. The third-order valence-electron chi connectivity index (χ3n) is 2.73. The molecule has 1 heterocycles. The Kier molecular flexibility index (Phi) is 2.34. The van der Waals surface area contributed by atoms with Crippen molar-refractivity contribution in [2.24, 2.45) is 0 Å². The van der Waals surface area contributed by atoms with E-state index in [-0.39, 0.29) is 0 Å². The van der Waals surface area contributed by atoms with E-state index in [0.717, 1.165) is 10.8 Å². The summed E-state index contributed by atoms with van der Waals surface area (Å²) in [6.45, 7) is 0. The first-order chi connectivity index (χ1) is 8.74. The van der Waals surface area contributed by atoms with Gasteiger partial charge in [-0.15, -0.1) is 0 Å². The fraction of sp³-hybridized carbons (Fsp3) is 0. The Morgan fingerprint density at radius 1 is 1.00 bits per heavy atom. The zero-order valence-electron chi connectivity index (χ0n) is 9.38. The van der Waals surface area contributed by atoms with E-state index in [2.05, 4.69) is 11.1 Å². The van der Waals surface area contributed by atoms with E-state index in [1.165, 1.54) is 16.8 Å². The molecule has 0 aliphatic heterocycles. The second-order valence-corrected chi connectivity index (χ2v) is 3.91. The van der Waals surface area contributed by atoms with Crippen LogP contribution >= 0.6 is 0 Å². The first kappa shape index (κ1) is 10.5. The van der Waals surface area contributed by atoms with E-state index in [1.807, 2.05) is 30.3 Å². The molecular weight excluding hydrogens is 228 g/mol. The maximum Gasteiger partial charge on any atom is 0.332 e. The molecule has 1 N–H and O–H groups in total. The summed E-state index contributed by atoms with van der Waals surface area (Å²) in [6.07, 6.45) is 1.45. The van der Waals surface area contributed by atoms with Gasteiger partial charge in [0.25, 0.3) is 5.56 Å². The predicted molar refractivity (Wildman–Crippen MR) is 69.0 cm³/mol. The van der Waals surface area contributed by atoms with E-state index in [9.17, 15) is 9.59 Å². The van der Waals surface area contributed by atoms with E-state index in [0.29, 0.717) is 5.69 Å². The van der Waals surface area contributed by atoms with Crippen molar-refractivity contribution < 1.29 is 0 Å². The molecule has 4 heteroatoms. The minimum Gasteiger partial charge on any atom is -0.274 e. The Hall–Kier alpha value is -2.62. The van der Waals surface area contributed by atoms with Crippen LogP contribution in [0, 0.1) is 6.07 Å². The van der Waals surface area contributed by atoms with Gasteiger partial charge in [0, 0.05) is 18.3 Å². The number of rotatable bonds is 1. The van der Waals surface area contributed by atoms with Gasteiger partial charge >= 0.3 is 5.69 Å². The Balaban J connectivity index is 2.25. The van der Waals surface area contributed by atoms with Crippen molar-refractivity contribution in [2.45, 2.75) is 0 Å². The highest BCUT2D eigenvalue weighted by Crippen LogP contribution is 2.16. The maximum atomic E-state index is 11.7. The van der Waals surface area contributed by atoms with Gasteiger partial charge in [-0.2, -0.15) is 0 Å². The van der Waals surface area contributed by atoms with Crippen LogP contribution in [0.5, 0.6) is 0 Å². The van der Waals surface area contributed by atoms with Crippen molar-refractivity contribution >= 4 is 10.8 Å². The summed E-state index contributed by atoms with van der Waals surface area (Å²) in [5.74, 6) is 0. The summed E-state index contributed by atoms with van der Waals surface area (Å²) in [7, 11) is 0. The summed E-state index contributed by atoms with van der Waals surface area (Å²) in [4.78, 5) is 24.9. The van der Waals surface area contributed by atoms with Gasteiger partial charge in [0.2, 0.25) is 0 Å². The number of fused-ring (bicyclic) bond motifs is 1. The number of nitrogens with one attached hydrogen (secondary N) is 1. The third kappa shape index (κ3) is 1.73. The van der Waals surface area contributed by atoms with Gasteiger partial charge in [0.05, 0.1) is 5.69 Å². The monoisotopic (exact) mass is 237 g/mol. The minimum atomic E-state index is -0.464. The van der Waals surface area contributed by atoms with Crippen molar-refractivity contribution in [2.75, 3.05) is 0 Å². The average Bonchev–Trinajstić information content (AvgIpc) is 2.38. The van der Waals surface area contributed by atoms with Gasteiger partial charge in [0.15, 0.2) is 0 Å². The molecule has 2 aromatic carbocycles. The first-order valence-electron chi connectivity index (χ1n) is 5.47. The van der Waals surface area contributed by atoms with Crippen LogP contribution in [0.4, 0.5) is 0 Å². The van der Waals surface area contributed by atoms with Gasteiger partial charge in [-0.25, -0.2) is 4.79 Å². The predicted octanol–water partition coefficient (Wildman–Crippen LogP) is 1.48. The van der Waals surface area contributed by atoms with Crippen LogP contribution < -0.4 is 11.2 Å². The molecule has 0 fully saturated rings. The highest BCUT2D eigenvalue weighted by Gasteiger charge is 2.01. The molecule has 0 aliphatic carbocycles. The van der Waals surface area contributed by atoms with Crippen molar-refractivity contribution in [3.05, 3.63) is 75.6 Å². The van der Waals surface area contributed by atoms with Crippen LogP contribution in [0.1, 0.15) is 0 Å². The molecule has 1 radical (unpaired) electrons.